The van der Waals surface area contributed by atoms with Crippen molar-refractivity contribution in [2.75, 3.05) is 13.6 Å². The van der Waals surface area contributed by atoms with Crippen molar-refractivity contribution in [3.63, 3.8) is 0 Å². The maximum Gasteiger partial charge on any atom is 0.0475 e. The van der Waals surface area contributed by atoms with Gasteiger partial charge >= 0.3 is 0 Å². The minimum Gasteiger partial charge on any atom is -0.309 e. The summed E-state index contributed by atoms with van der Waals surface area (Å²) in [6.45, 7) is 12.5. The molecule has 0 spiro atoms. The van der Waals surface area contributed by atoms with Crippen LogP contribution in [0, 0.1) is 0 Å². The third kappa shape index (κ3) is 4.32. The van der Waals surface area contributed by atoms with Crippen LogP contribution >= 0.6 is 0 Å². The third-order valence-corrected chi connectivity index (χ3v) is 4.69. The van der Waals surface area contributed by atoms with Gasteiger partial charge in [-0.15, -0.1) is 0 Å². The van der Waals surface area contributed by atoms with Gasteiger partial charge in [-0.1, -0.05) is 44.2 Å². The molecular weight excluding hydrogens is 244 g/mol. The molecular formula is C18H32N2. The van der Waals surface area contributed by atoms with Crippen molar-refractivity contribution in [3.05, 3.63) is 35.9 Å². The van der Waals surface area contributed by atoms with Crippen LogP contribution in [0.5, 0.6) is 0 Å². The smallest absolute Gasteiger partial charge is 0.0475 e. The summed E-state index contributed by atoms with van der Waals surface area (Å²) in [5.41, 5.74) is 1.60. The van der Waals surface area contributed by atoms with Gasteiger partial charge in [-0.05, 0) is 52.8 Å². The van der Waals surface area contributed by atoms with E-state index >= 15 is 0 Å². The lowest BCUT2D eigenvalue weighted by Gasteiger charge is -2.43. The van der Waals surface area contributed by atoms with Crippen LogP contribution in [0.4, 0.5) is 0 Å². The number of rotatable bonds is 8. The molecule has 0 bridgehead atoms. The maximum atomic E-state index is 3.72. The Balaban J connectivity index is 2.93. The van der Waals surface area contributed by atoms with Crippen LogP contribution in [0.2, 0.25) is 0 Å². The van der Waals surface area contributed by atoms with Gasteiger partial charge < -0.3 is 5.32 Å². The molecule has 0 saturated carbocycles. The third-order valence-electron chi connectivity index (χ3n) is 4.69. The zero-order chi connectivity index (χ0) is 15.2. The van der Waals surface area contributed by atoms with Crippen molar-refractivity contribution in [1.29, 1.82) is 0 Å². The van der Waals surface area contributed by atoms with Gasteiger partial charge in [0, 0.05) is 17.6 Å². The van der Waals surface area contributed by atoms with Crippen molar-refractivity contribution in [2.45, 2.75) is 65.1 Å². The van der Waals surface area contributed by atoms with Crippen molar-refractivity contribution < 1.29 is 0 Å². The molecule has 2 nitrogen and oxygen atoms in total. The highest BCUT2D eigenvalue weighted by Crippen LogP contribution is 2.27. The Labute approximate surface area is 125 Å². The Bertz CT molecular complexity index is 372. The average Bonchev–Trinajstić information content (AvgIpc) is 2.47. The van der Waals surface area contributed by atoms with E-state index in [-0.39, 0.29) is 5.54 Å². The zero-order valence-corrected chi connectivity index (χ0v) is 14.1. The lowest BCUT2D eigenvalue weighted by Crippen LogP contribution is -2.50. The Hall–Kier alpha value is -0.860. The van der Waals surface area contributed by atoms with E-state index in [1.54, 1.807) is 0 Å². The number of benzene rings is 1. The molecule has 1 rings (SSSR count). The molecule has 0 aliphatic rings. The number of hydrogen-bond acceptors (Lipinski definition) is 2. The molecule has 0 aliphatic carbocycles. The maximum absolute atomic E-state index is 3.72. The second kappa shape index (κ2) is 7.80. The van der Waals surface area contributed by atoms with E-state index in [4.69, 9.17) is 0 Å². The predicted octanol–water partition coefficient (Wildman–Crippen LogP) is 4.24. The van der Waals surface area contributed by atoms with Crippen molar-refractivity contribution in [3.8, 4) is 0 Å². The summed E-state index contributed by atoms with van der Waals surface area (Å²) >= 11 is 0. The fourth-order valence-electron chi connectivity index (χ4n) is 2.55. The van der Waals surface area contributed by atoms with Gasteiger partial charge in [0.25, 0.3) is 0 Å². The molecule has 0 radical (unpaired) electrons. The second-order valence-corrected chi connectivity index (χ2v) is 6.36. The van der Waals surface area contributed by atoms with Crippen LogP contribution < -0.4 is 5.32 Å². The second-order valence-electron chi connectivity index (χ2n) is 6.36. The molecule has 1 aromatic carbocycles. The van der Waals surface area contributed by atoms with E-state index in [9.17, 15) is 0 Å². The van der Waals surface area contributed by atoms with E-state index in [0.29, 0.717) is 12.1 Å². The van der Waals surface area contributed by atoms with Crippen LogP contribution in [0.3, 0.4) is 0 Å². The van der Waals surface area contributed by atoms with Gasteiger partial charge in [-0.2, -0.15) is 0 Å². The molecule has 0 fully saturated rings. The Morgan fingerprint density at radius 1 is 1.15 bits per heavy atom. The van der Waals surface area contributed by atoms with Crippen LogP contribution in [-0.4, -0.2) is 30.1 Å². The van der Waals surface area contributed by atoms with Gasteiger partial charge in [0.15, 0.2) is 0 Å². The highest BCUT2D eigenvalue weighted by Gasteiger charge is 2.30. The Kier molecular flexibility index (Phi) is 6.70. The normalized spacial score (nSPS) is 15.3. The van der Waals surface area contributed by atoms with E-state index in [0.717, 1.165) is 19.4 Å². The van der Waals surface area contributed by atoms with Crippen LogP contribution in [0.1, 0.15) is 59.1 Å². The Morgan fingerprint density at radius 3 is 2.25 bits per heavy atom. The summed E-state index contributed by atoms with van der Waals surface area (Å²) in [6.07, 6.45) is 2.32. The summed E-state index contributed by atoms with van der Waals surface area (Å²) in [6, 6.07) is 11.7. The van der Waals surface area contributed by atoms with Gasteiger partial charge in [-0.3, -0.25) is 4.90 Å². The highest BCUT2D eigenvalue weighted by molar-refractivity contribution is 5.20. The molecule has 2 heteroatoms. The lowest BCUT2D eigenvalue weighted by atomic mass is 9.93. The summed E-state index contributed by atoms with van der Waals surface area (Å²) < 4.78 is 0. The molecule has 2 atom stereocenters. The summed E-state index contributed by atoms with van der Waals surface area (Å²) in [4.78, 5) is 2.51. The zero-order valence-electron chi connectivity index (χ0n) is 14.1. The SMILES string of the molecule is CCCNC(c1ccccc1)C(C)N(C)C(C)(C)CC. The standard InChI is InChI=1S/C18H32N2/c1-7-14-19-17(16-12-10-9-11-13-16)15(3)20(6)18(4,5)8-2/h9-13,15,17,19H,7-8,14H2,1-6H3. The molecule has 1 N–H and O–H groups in total. The average molecular weight is 276 g/mol. The molecule has 0 saturated heterocycles. The Morgan fingerprint density at radius 2 is 1.75 bits per heavy atom. The monoisotopic (exact) mass is 276 g/mol. The molecule has 2 unspecified atom stereocenters. The van der Waals surface area contributed by atoms with Crippen molar-refractivity contribution >= 4 is 0 Å². The van der Waals surface area contributed by atoms with E-state index in [1.807, 2.05) is 0 Å². The van der Waals surface area contributed by atoms with E-state index < -0.39 is 0 Å². The van der Waals surface area contributed by atoms with E-state index in [1.165, 1.54) is 5.56 Å². The first-order chi connectivity index (χ1) is 9.44. The van der Waals surface area contributed by atoms with Crippen LogP contribution in [-0.2, 0) is 0 Å². The number of likely N-dealkylation sites (N-methyl/N-ethyl adjacent to an activating group) is 1. The molecule has 0 amide bonds. The molecule has 20 heavy (non-hydrogen) atoms. The van der Waals surface area contributed by atoms with Crippen LogP contribution in [0.25, 0.3) is 0 Å². The first kappa shape index (κ1) is 17.2. The molecule has 1 aromatic rings. The molecule has 0 aromatic heterocycles. The van der Waals surface area contributed by atoms with Crippen molar-refractivity contribution in [2.24, 2.45) is 0 Å². The first-order valence-electron chi connectivity index (χ1n) is 7.95. The minimum absolute atomic E-state index is 0.223. The van der Waals surface area contributed by atoms with Crippen molar-refractivity contribution in [1.82, 2.24) is 10.2 Å². The first-order valence-corrected chi connectivity index (χ1v) is 7.95. The molecule has 0 aliphatic heterocycles. The summed E-state index contributed by atoms with van der Waals surface area (Å²) in [5.74, 6) is 0. The van der Waals surface area contributed by atoms with Gasteiger partial charge in [0.2, 0.25) is 0 Å². The fourth-order valence-corrected chi connectivity index (χ4v) is 2.55. The number of nitrogens with one attached hydrogen (secondary N) is 1. The topological polar surface area (TPSA) is 15.3 Å². The molecule has 114 valence electrons. The lowest BCUT2D eigenvalue weighted by molar-refractivity contribution is 0.0832. The summed E-state index contributed by atoms with van der Waals surface area (Å²) in [5, 5.41) is 3.72. The number of nitrogens with zero attached hydrogens (tertiary/aromatic N) is 1. The van der Waals surface area contributed by atoms with Gasteiger partial charge in [0.1, 0.15) is 0 Å². The highest BCUT2D eigenvalue weighted by atomic mass is 15.2. The number of hydrogen-bond donors (Lipinski definition) is 1. The summed E-state index contributed by atoms with van der Waals surface area (Å²) in [7, 11) is 2.25. The minimum atomic E-state index is 0.223. The largest absolute Gasteiger partial charge is 0.309 e. The quantitative estimate of drug-likeness (QED) is 0.764. The predicted molar refractivity (Wildman–Crippen MR) is 89.1 cm³/mol. The van der Waals surface area contributed by atoms with Gasteiger partial charge in [0.05, 0.1) is 0 Å². The van der Waals surface area contributed by atoms with E-state index in [2.05, 4.69) is 82.2 Å². The fraction of sp³-hybridized carbons (Fsp3) is 0.667. The van der Waals surface area contributed by atoms with Gasteiger partial charge in [-0.25, -0.2) is 0 Å². The molecule has 0 heterocycles. The van der Waals surface area contributed by atoms with Crippen LogP contribution in [0.15, 0.2) is 30.3 Å².